The molecule has 0 spiro atoms. The van der Waals surface area contributed by atoms with Crippen molar-refractivity contribution >= 4 is 21.6 Å². The van der Waals surface area contributed by atoms with Crippen LogP contribution in [0.2, 0.25) is 59.6 Å². The fourth-order valence-electron chi connectivity index (χ4n) is 3.30. The van der Waals surface area contributed by atoms with Gasteiger partial charge < -0.3 is 1.43 Å². The Kier molecular flexibility index (Phi) is 5.80. The van der Waals surface area contributed by atoms with Crippen LogP contribution < -0.4 is 0 Å². The largest absolute Gasteiger partial charge is 1.00 e. The molecule has 121 valence electrons. The van der Waals surface area contributed by atoms with Crippen molar-refractivity contribution in [1.29, 1.82) is 0 Å². The van der Waals surface area contributed by atoms with Crippen LogP contribution in [0.25, 0.3) is 0 Å². The minimum Gasteiger partial charge on any atom is -1.00 e. The molecular formula is C18H33Si3Zr. The summed E-state index contributed by atoms with van der Waals surface area (Å²) in [5.74, 6) is 0. The third kappa shape index (κ3) is 4.31. The minimum atomic E-state index is -1.49. The van der Waals surface area contributed by atoms with E-state index in [9.17, 15) is 0 Å². The van der Waals surface area contributed by atoms with Crippen LogP contribution in [0.1, 0.15) is 1.43 Å². The standard InChI is InChI=1S/2C8H13Si.C2H6Si.Zr.H/c2*1-9(2,3)8-6-4-5-7-8;1-3-2;;/h2*4-7H,1-3H3;1-2H3;;/q;;;+1;-1. The molecule has 22 heavy (non-hydrogen) atoms. The van der Waals surface area contributed by atoms with Gasteiger partial charge in [-0.05, 0) is 0 Å². The van der Waals surface area contributed by atoms with Crippen LogP contribution in [-0.4, -0.2) is 21.6 Å². The third-order valence-electron chi connectivity index (χ3n) is 4.71. The number of hydrogen-bond donors (Lipinski definition) is 0. The molecule has 0 fully saturated rings. The molecular weight excluding hydrogens is 392 g/mol. The van der Waals surface area contributed by atoms with E-state index in [-0.39, 0.29) is 6.86 Å². The van der Waals surface area contributed by atoms with Crippen LogP contribution in [0.3, 0.4) is 0 Å². The molecule has 0 aromatic carbocycles. The first-order valence-corrected chi connectivity index (χ1v) is 24.5. The van der Waals surface area contributed by atoms with Crippen LogP contribution in [0.15, 0.2) is 46.8 Å². The van der Waals surface area contributed by atoms with Gasteiger partial charge in [-0.1, -0.05) is 0 Å². The van der Waals surface area contributed by atoms with Gasteiger partial charge in [0.05, 0.1) is 0 Å². The second-order valence-electron chi connectivity index (χ2n) is 8.97. The first-order chi connectivity index (χ1) is 10.00. The molecule has 0 aromatic rings. The molecule has 2 atom stereocenters. The molecule has 2 unspecified atom stereocenters. The molecule has 0 aromatic heterocycles. The van der Waals surface area contributed by atoms with Gasteiger partial charge in [0.2, 0.25) is 0 Å². The molecule has 0 saturated heterocycles. The predicted octanol–water partition coefficient (Wildman–Crippen LogP) is 6.29. The Morgan fingerprint density at radius 3 is 1.41 bits per heavy atom. The zero-order valence-corrected chi connectivity index (χ0v) is 21.1. The predicted molar refractivity (Wildman–Crippen MR) is 107 cm³/mol. The van der Waals surface area contributed by atoms with Crippen molar-refractivity contribution in [2.75, 3.05) is 0 Å². The molecule has 2 aliphatic carbocycles. The zero-order valence-electron chi connectivity index (χ0n) is 16.6. The van der Waals surface area contributed by atoms with Crippen LogP contribution >= 0.6 is 0 Å². The quantitative estimate of drug-likeness (QED) is 0.465. The summed E-state index contributed by atoms with van der Waals surface area (Å²) in [4.78, 5) is 0. The molecule has 0 aliphatic heterocycles. The normalized spacial score (nSPS) is 24.5. The van der Waals surface area contributed by atoms with Gasteiger partial charge in [-0.25, -0.2) is 0 Å². The van der Waals surface area contributed by atoms with Crippen LogP contribution in [-0.2, 0) is 20.4 Å². The van der Waals surface area contributed by atoms with E-state index in [2.05, 4.69) is 88.8 Å². The fraction of sp³-hybridized carbons (Fsp3) is 0.556. The molecule has 0 saturated carbocycles. The Morgan fingerprint density at radius 1 is 0.818 bits per heavy atom. The van der Waals surface area contributed by atoms with Crippen molar-refractivity contribution in [1.82, 2.24) is 0 Å². The summed E-state index contributed by atoms with van der Waals surface area (Å²) in [5, 5.41) is 3.41. The Hall–Kier alpha value is 0.494. The number of rotatable bonds is 4. The molecule has 2 rings (SSSR count). The SMILES string of the molecule is C[Si](C)=[Zr+]([CH]1C=CC([Si](C)(C)C)=C1)[CH]1C=CC([Si](C)(C)C)=C1.[H-]. The summed E-state index contributed by atoms with van der Waals surface area (Å²) in [6.45, 7) is 20.1. The second kappa shape index (κ2) is 6.78. The van der Waals surface area contributed by atoms with Crippen LogP contribution in [0.4, 0.5) is 0 Å². The third-order valence-corrected chi connectivity index (χ3v) is 27.8. The average Bonchev–Trinajstić information content (AvgIpc) is 2.95. The van der Waals surface area contributed by atoms with E-state index in [1.54, 1.807) is 10.4 Å². The molecule has 4 heteroatoms. The maximum Gasteiger partial charge on any atom is -1.00 e. The smallest absolute Gasteiger partial charge is 1.00 e. The summed E-state index contributed by atoms with van der Waals surface area (Å²) in [6.07, 6.45) is 15.6. The minimum absolute atomic E-state index is 0. The van der Waals surface area contributed by atoms with E-state index in [0.29, 0.717) is 0 Å². The zero-order chi connectivity index (χ0) is 16.7. The molecule has 0 heterocycles. The van der Waals surface area contributed by atoms with Crippen molar-refractivity contribution in [2.45, 2.75) is 59.6 Å². The molecule has 2 aliphatic rings. The van der Waals surface area contributed by atoms with E-state index in [1.807, 2.05) is 0 Å². The van der Waals surface area contributed by atoms with Crippen LogP contribution in [0.5, 0.6) is 0 Å². The fourth-order valence-corrected chi connectivity index (χ4v) is 24.3. The van der Waals surface area contributed by atoms with Crippen molar-refractivity contribution < 1.29 is 21.8 Å². The van der Waals surface area contributed by atoms with E-state index < -0.39 is 36.5 Å². The van der Waals surface area contributed by atoms with E-state index in [1.165, 1.54) is 0 Å². The van der Waals surface area contributed by atoms with E-state index >= 15 is 0 Å². The van der Waals surface area contributed by atoms with Gasteiger partial charge in [-0.15, -0.1) is 0 Å². The van der Waals surface area contributed by atoms with E-state index in [0.717, 1.165) is 7.25 Å². The Morgan fingerprint density at radius 2 is 1.18 bits per heavy atom. The number of allylic oxidation sites excluding steroid dienone is 8. The van der Waals surface area contributed by atoms with Gasteiger partial charge in [0, 0.05) is 0 Å². The topological polar surface area (TPSA) is 0 Å². The second-order valence-corrected chi connectivity index (χ2v) is 37.4. The van der Waals surface area contributed by atoms with Gasteiger partial charge in [0.1, 0.15) is 0 Å². The molecule has 0 nitrogen and oxygen atoms in total. The monoisotopic (exact) mass is 423 g/mol. The average molecular weight is 425 g/mol. The Balaban J connectivity index is 0.00000264. The Labute approximate surface area is 149 Å². The summed E-state index contributed by atoms with van der Waals surface area (Å²) in [6, 6.07) is 0. The molecule has 0 bridgehead atoms. The first kappa shape index (κ1) is 18.8. The molecule has 0 N–H and O–H groups in total. The van der Waals surface area contributed by atoms with Gasteiger partial charge in [-0.2, -0.15) is 0 Å². The van der Waals surface area contributed by atoms with Gasteiger partial charge in [0.15, 0.2) is 0 Å². The molecule has 0 amide bonds. The van der Waals surface area contributed by atoms with Crippen molar-refractivity contribution in [3.63, 3.8) is 0 Å². The van der Waals surface area contributed by atoms with Gasteiger partial charge in [-0.3, -0.25) is 0 Å². The van der Waals surface area contributed by atoms with Crippen molar-refractivity contribution in [3.05, 3.63) is 46.8 Å². The first-order valence-electron chi connectivity index (χ1n) is 8.48. The maximum absolute atomic E-state index is 2.70. The summed E-state index contributed by atoms with van der Waals surface area (Å²) in [5.41, 5.74) is -0.139. The maximum atomic E-state index is 2.70. The van der Waals surface area contributed by atoms with E-state index in [4.69, 9.17) is 0 Å². The van der Waals surface area contributed by atoms with Crippen molar-refractivity contribution in [3.8, 4) is 0 Å². The van der Waals surface area contributed by atoms with Gasteiger partial charge >= 0.3 is 148 Å². The Bertz CT molecular complexity index is 561. The van der Waals surface area contributed by atoms with Crippen molar-refractivity contribution in [2.24, 2.45) is 0 Å². The van der Waals surface area contributed by atoms with Gasteiger partial charge in [0.25, 0.3) is 0 Å². The summed E-state index contributed by atoms with van der Waals surface area (Å²) in [7, 11) is -2.28. The summed E-state index contributed by atoms with van der Waals surface area (Å²) < 4.78 is 1.72. The summed E-state index contributed by atoms with van der Waals surface area (Å²) >= 11 is -1.49. The molecule has 0 radical (unpaired) electrons. The van der Waals surface area contributed by atoms with Crippen LogP contribution in [0, 0.1) is 0 Å². The number of hydrogen-bond acceptors (Lipinski definition) is 0.